The highest BCUT2D eigenvalue weighted by molar-refractivity contribution is 5.85. The summed E-state index contributed by atoms with van der Waals surface area (Å²) in [5.41, 5.74) is 4.07. The van der Waals surface area contributed by atoms with Crippen LogP contribution < -0.4 is 4.74 Å². The van der Waals surface area contributed by atoms with Crippen LogP contribution in [0.5, 0.6) is 5.75 Å². The smallest absolute Gasteiger partial charge is 0.122 e. The quantitative estimate of drug-likeness (QED) is 0.683. The molecule has 0 aliphatic carbocycles. The summed E-state index contributed by atoms with van der Waals surface area (Å²) in [4.78, 5) is 6.02. The molecule has 138 valence electrons. The van der Waals surface area contributed by atoms with Crippen molar-refractivity contribution >= 4 is 23.3 Å². The van der Waals surface area contributed by atoms with Gasteiger partial charge in [0.15, 0.2) is 0 Å². The number of piperidine rings is 1. The van der Waals surface area contributed by atoms with Gasteiger partial charge in [-0.25, -0.2) is 0 Å². The summed E-state index contributed by atoms with van der Waals surface area (Å²) in [7, 11) is 1.76. The first-order chi connectivity index (χ1) is 12.3. The van der Waals surface area contributed by atoms with Crippen molar-refractivity contribution in [3.05, 3.63) is 65.9 Å². The summed E-state index contributed by atoms with van der Waals surface area (Å²) in [6, 6.07) is 17.0. The number of fused-ring (bicyclic) bond motifs is 1. The Kier molecular flexibility index (Phi) is 6.23. The van der Waals surface area contributed by atoms with Crippen LogP contribution in [-0.4, -0.2) is 36.6 Å². The lowest BCUT2D eigenvalue weighted by atomic mass is 9.89. The first-order valence-electron chi connectivity index (χ1n) is 9.25. The van der Waals surface area contributed by atoms with E-state index >= 15 is 0 Å². The number of H-pyrrole nitrogens is 1. The van der Waals surface area contributed by atoms with E-state index in [9.17, 15) is 0 Å². The SMILES string of the molecule is COc1ccccc1CCN1CCC(c2c[nH]c3ccccc23)CC1.Cl. The van der Waals surface area contributed by atoms with Gasteiger partial charge in [-0.1, -0.05) is 36.4 Å². The topological polar surface area (TPSA) is 28.3 Å². The van der Waals surface area contributed by atoms with Crippen molar-refractivity contribution in [1.82, 2.24) is 9.88 Å². The van der Waals surface area contributed by atoms with Crippen LogP contribution in [-0.2, 0) is 6.42 Å². The minimum atomic E-state index is 0. The Hall–Kier alpha value is -1.97. The molecule has 1 saturated heterocycles. The van der Waals surface area contributed by atoms with Crippen LogP contribution in [0, 0.1) is 0 Å². The lowest BCUT2D eigenvalue weighted by Crippen LogP contribution is -2.34. The Balaban J connectivity index is 0.00000196. The van der Waals surface area contributed by atoms with Gasteiger partial charge in [-0.3, -0.25) is 0 Å². The summed E-state index contributed by atoms with van der Waals surface area (Å²) in [5, 5.41) is 1.40. The molecule has 0 amide bonds. The summed E-state index contributed by atoms with van der Waals surface area (Å²) >= 11 is 0. The Morgan fingerprint density at radius 3 is 2.58 bits per heavy atom. The summed E-state index contributed by atoms with van der Waals surface area (Å²) in [5.74, 6) is 1.69. The zero-order chi connectivity index (χ0) is 17.1. The molecular weight excluding hydrogens is 344 g/mol. The van der Waals surface area contributed by atoms with E-state index in [0.29, 0.717) is 5.92 Å². The number of benzene rings is 2. The highest BCUT2D eigenvalue weighted by Gasteiger charge is 2.22. The second kappa shape index (κ2) is 8.61. The average molecular weight is 371 g/mol. The number of likely N-dealkylation sites (tertiary alicyclic amines) is 1. The number of halogens is 1. The number of aromatic nitrogens is 1. The fourth-order valence-electron chi connectivity index (χ4n) is 4.09. The molecule has 0 bridgehead atoms. The normalized spacial score (nSPS) is 15.7. The van der Waals surface area contributed by atoms with Crippen LogP contribution in [0.3, 0.4) is 0 Å². The number of aromatic amines is 1. The first kappa shape index (κ1) is 18.8. The summed E-state index contributed by atoms with van der Waals surface area (Å²) in [6.07, 6.45) is 5.77. The molecule has 3 aromatic rings. The van der Waals surface area contributed by atoms with E-state index in [4.69, 9.17) is 4.74 Å². The average Bonchev–Trinajstić information content (AvgIpc) is 3.11. The number of hydrogen-bond donors (Lipinski definition) is 1. The van der Waals surface area contributed by atoms with Crippen molar-refractivity contribution in [2.75, 3.05) is 26.7 Å². The molecule has 0 unspecified atom stereocenters. The molecule has 1 aliphatic rings. The Morgan fingerprint density at radius 1 is 1.04 bits per heavy atom. The van der Waals surface area contributed by atoms with Crippen LogP contribution in [0.25, 0.3) is 10.9 Å². The van der Waals surface area contributed by atoms with Gasteiger partial charge in [-0.05, 0) is 61.5 Å². The Labute approximate surface area is 161 Å². The second-order valence-electron chi connectivity index (χ2n) is 6.97. The molecular formula is C22H27ClN2O. The van der Waals surface area contributed by atoms with Gasteiger partial charge in [-0.15, -0.1) is 12.4 Å². The van der Waals surface area contributed by atoms with E-state index < -0.39 is 0 Å². The summed E-state index contributed by atoms with van der Waals surface area (Å²) < 4.78 is 5.47. The molecule has 26 heavy (non-hydrogen) atoms. The molecule has 0 atom stereocenters. The maximum absolute atomic E-state index is 5.47. The lowest BCUT2D eigenvalue weighted by molar-refractivity contribution is 0.214. The van der Waals surface area contributed by atoms with Gasteiger partial charge in [0.05, 0.1) is 7.11 Å². The van der Waals surface area contributed by atoms with Gasteiger partial charge in [0.2, 0.25) is 0 Å². The fraction of sp³-hybridized carbons (Fsp3) is 0.364. The van der Waals surface area contributed by atoms with Crippen LogP contribution in [0.4, 0.5) is 0 Å². The third-order valence-electron chi connectivity index (χ3n) is 5.54. The van der Waals surface area contributed by atoms with Crippen molar-refractivity contribution in [2.24, 2.45) is 0 Å². The molecule has 2 heterocycles. The maximum Gasteiger partial charge on any atom is 0.122 e. The molecule has 0 spiro atoms. The minimum absolute atomic E-state index is 0. The zero-order valence-corrected chi connectivity index (χ0v) is 16.1. The monoisotopic (exact) mass is 370 g/mol. The van der Waals surface area contributed by atoms with Crippen LogP contribution in [0.1, 0.15) is 29.9 Å². The van der Waals surface area contributed by atoms with E-state index in [2.05, 4.69) is 58.5 Å². The van der Waals surface area contributed by atoms with E-state index in [1.54, 1.807) is 7.11 Å². The molecule has 3 nitrogen and oxygen atoms in total. The van der Waals surface area contributed by atoms with E-state index in [1.165, 1.54) is 48.0 Å². The molecule has 1 N–H and O–H groups in total. The molecule has 4 heteroatoms. The standard InChI is InChI=1S/C22H26N2O.ClH/c1-25-22-9-5-2-6-18(22)12-15-24-13-10-17(11-14-24)20-16-23-21-8-4-3-7-19(20)21;/h2-9,16-17,23H,10-15H2,1H3;1H. The second-order valence-corrected chi connectivity index (χ2v) is 6.97. The van der Waals surface area contributed by atoms with Gasteiger partial charge >= 0.3 is 0 Å². The number of nitrogens with zero attached hydrogens (tertiary/aromatic N) is 1. The third kappa shape index (κ3) is 3.89. The highest BCUT2D eigenvalue weighted by Crippen LogP contribution is 2.33. The largest absolute Gasteiger partial charge is 0.496 e. The number of nitrogens with one attached hydrogen (secondary N) is 1. The molecule has 2 aromatic carbocycles. The van der Waals surface area contributed by atoms with E-state index in [0.717, 1.165) is 18.7 Å². The van der Waals surface area contributed by atoms with Gasteiger partial charge < -0.3 is 14.6 Å². The Bertz CT molecular complexity index is 837. The van der Waals surface area contributed by atoms with Gasteiger partial charge in [0, 0.05) is 23.6 Å². The number of methoxy groups -OCH3 is 1. The molecule has 1 aliphatic heterocycles. The van der Waals surface area contributed by atoms with Gasteiger partial charge in [0.1, 0.15) is 5.75 Å². The third-order valence-corrected chi connectivity index (χ3v) is 5.54. The predicted molar refractivity (Wildman–Crippen MR) is 111 cm³/mol. The maximum atomic E-state index is 5.47. The van der Waals surface area contributed by atoms with Crippen LogP contribution >= 0.6 is 12.4 Å². The molecule has 0 radical (unpaired) electrons. The van der Waals surface area contributed by atoms with E-state index in [-0.39, 0.29) is 12.4 Å². The number of ether oxygens (including phenoxy) is 1. The van der Waals surface area contributed by atoms with Crippen LogP contribution in [0.2, 0.25) is 0 Å². The van der Waals surface area contributed by atoms with Gasteiger partial charge in [0.25, 0.3) is 0 Å². The lowest BCUT2D eigenvalue weighted by Gasteiger charge is -2.32. The van der Waals surface area contributed by atoms with Crippen molar-refractivity contribution in [3.63, 3.8) is 0 Å². The molecule has 1 fully saturated rings. The minimum Gasteiger partial charge on any atom is -0.496 e. The predicted octanol–water partition coefficient (Wildman–Crippen LogP) is 5.02. The van der Waals surface area contributed by atoms with Crippen molar-refractivity contribution in [1.29, 1.82) is 0 Å². The van der Waals surface area contributed by atoms with Crippen molar-refractivity contribution < 1.29 is 4.74 Å². The highest BCUT2D eigenvalue weighted by atomic mass is 35.5. The van der Waals surface area contributed by atoms with Crippen molar-refractivity contribution in [3.8, 4) is 5.75 Å². The van der Waals surface area contributed by atoms with E-state index in [1.807, 2.05) is 6.07 Å². The summed E-state index contributed by atoms with van der Waals surface area (Å²) in [6.45, 7) is 3.47. The number of para-hydroxylation sites is 2. The number of rotatable bonds is 5. The van der Waals surface area contributed by atoms with Crippen molar-refractivity contribution in [2.45, 2.75) is 25.2 Å². The zero-order valence-electron chi connectivity index (χ0n) is 15.3. The Morgan fingerprint density at radius 2 is 1.77 bits per heavy atom. The fourth-order valence-corrected chi connectivity index (χ4v) is 4.09. The molecule has 1 aromatic heterocycles. The van der Waals surface area contributed by atoms with Crippen LogP contribution in [0.15, 0.2) is 54.7 Å². The first-order valence-corrected chi connectivity index (χ1v) is 9.25. The van der Waals surface area contributed by atoms with Gasteiger partial charge in [-0.2, -0.15) is 0 Å². The number of hydrogen-bond acceptors (Lipinski definition) is 2. The molecule has 4 rings (SSSR count). The molecule has 0 saturated carbocycles.